The van der Waals surface area contributed by atoms with Gasteiger partial charge in [0.25, 0.3) is 5.90 Å². The lowest BCUT2D eigenvalue weighted by molar-refractivity contribution is 0.305. The van der Waals surface area contributed by atoms with E-state index in [0.29, 0.717) is 12.5 Å². The maximum Gasteiger partial charge on any atom is 0.257 e. The molecule has 1 aliphatic carbocycles. The van der Waals surface area contributed by atoms with Crippen LogP contribution in [0.15, 0.2) is 39.8 Å². The molecular weight excluding hydrogens is 252 g/mol. The highest BCUT2D eigenvalue weighted by atomic mass is 16.5. The molecule has 0 saturated carbocycles. The Balaban J connectivity index is 1.65. The molecule has 0 spiro atoms. The Hall–Kier alpha value is -2.10. The van der Waals surface area contributed by atoms with Gasteiger partial charge in [0.1, 0.15) is 12.6 Å². The average molecular weight is 268 g/mol. The van der Waals surface area contributed by atoms with Gasteiger partial charge in [0.05, 0.1) is 5.69 Å². The fourth-order valence-electron chi connectivity index (χ4n) is 2.90. The maximum absolute atomic E-state index is 5.75. The van der Waals surface area contributed by atoms with E-state index < -0.39 is 0 Å². The minimum absolute atomic E-state index is 0.0653. The summed E-state index contributed by atoms with van der Waals surface area (Å²) in [7, 11) is 0. The van der Waals surface area contributed by atoms with E-state index in [4.69, 9.17) is 9.26 Å². The van der Waals surface area contributed by atoms with Gasteiger partial charge in [-0.1, -0.05) is 35.5 Å². The monoisotopic (exact) mass is 268 g/mol. The summed E-state index contributed by atoms with van der Waals surface area (Å²) >= 11 is 0. The van der Waals surface area contributed by atoms with Gasteiger partial charge in [-0.25, -0.2) is 4.99 Å². The van der Waals surface area contributed by atoms with Crippen LogP contribution in [0, 0.1) is 0 Å². The standard InChI is InChI=1S/C16H16N2O2/c1-2-6-11(7-3-1)14-10-19-16(17-14)15-12-8-4-5-9-13(12)18-20-15/h1-3,6-7,14H,4-5,8-10H2. The molecule has 2 aliphatic rings. The molecular formula is C16H16N2O2. The van der Waals surface area contributed by atoms with E-state index in [9.17, 15) is 0 Å². The van der Waals surface area contributed by atoms with Crippen LogP contribution in [0.25, 0.3) is 0 Å². The third-order valence-electron chi connectivity index (χ3n) is 3.99. The lowest BCUT2D eigenvalue weighted by atomic mass is 9.96. The summed E-state index contributed by atoms with van der Waals surface area (Å²) in [4.78, 5) is 4.67. The number of hydrogen-bond donors (Lipinski definition) is 0. The molecule has 0 amide bonds. The molecule has 4 nitrogen and oxygen atoms in total. The van der Waals surface area contributed by atoms with Crippen LogP contribution in [0.4, 0.5) is 0 Å². The van der Waals surface area contributed by atoms with Gasteiger partial charge in [-0.05, 0) is 31.2 Å². The predicted octanol–water partition coefficient (Wildman–Crippen LogP) is 3.07. The normalized spacial score (nSPS) is 21.2. The van der Waals surface area contributed by atoms with Crippen molar-refractivity contribution in [3.8, 4) is 0 Å². The van der Waals surface area contributed by atoms with E-state index in [1.54, 1.807) is 0 Å². The first-order valence-corrected chi connectivity index (χ1v) is 7.15. The van der Waals surface area contributed by atoms with Crippen molar-refractivity contribution in [3.05, 3.63) is 52.9 Å². The van der Waals surface area contributed by atoms with Gasteiger partial charge in [0, 0.05) is 5.56 Å². The van der Waals surface area contributed by atoms with Crippen LogP contribution < -0.4 is 0 Å². The molecule has 4 rings (SSSR count). The van der Waals surface area contributed by atoms with Crippen LogP contribution >= 0.6 is 0 Å². The molecule has 1 aliphatic heterocycles. The van der Waals surface area contributed by atoms with Crippen LogP contribution in [-0.4, -0.2) is 17.7 Å². The van der Waals surface area contributed by atoms with Crippen LogP contribution in [0.1, 0.15) is 41.5 Å². The second-order valence-electron chi connectivity index (χ2n) is 5.32. The number of aromatic nitrogens is 1. The SMILES string of the molecule is c1ccc(C2COC(c3onc4c3CCCC4)=N2)cc1. The van der Waals surface area contributed by atoms with Crippen molar-refractivity contribution in [3.63, 3.8) is 0 Å². The zero-order chi connectivity index (χ0) is 13.4. The molecule has 2 aromatic rings. The van der Waals surface area contributed by atoms with Gasteiger partial charge < -0.3 is 9.26 Å². The summed E-state index contributed by atoms with van der Waals surface area (Å²) in [5.41, 5.74) is 3.46. The third-order valence-corrected chi connectivity index (χ3v) is 3.99. The lowest BCUT2D eigenvalue weighted by Gasteiger charge is -2.08. The molecule has 0 bridgehead atoms. The van der Waals surface area contributed by atoms with Crippen LogP contribution in [0.5, 0.6) is 0 Å². The second kappa shape index (κ2) is 4.78. The first-order chi connectivity index (χ1) is 9.92. The first kappa shape index (κ1) is 11.7. The Bertz CT molecular complexity index is 646. The molecule has 4 heteroatoms. The highest BCUT2D eigenvalue weighted by Gasteiger charge is 2.29. The van der Waals surface area contributed by atoms with Crippen molar-refractivity contribution in [2.45, 2.75) is 31.7 Å². The fourth-order valence-corrected chi connectivity index (χ4v) is 2.90. The molecule has 20 heavy (non-hydrogen) atoms. The number of rotatable bonds is 2. The zero-order valence-corrected chi connectivity index (χ0v) is 11.2. The predicted molar refractivity (Wildman–Crippen MR) is 74.8 cm³/mol. The Morgan fingerprint density at radius 1 is 1.05 bits per heavy atom. The highest BCUT2D eigenvalue weighted by molar-refractivity contribution is 5.94. The first-order valence-electron chi connectivity index (χ1n) is 7.15. The van der Waals surface area contributed by atoms with Crippen LogP contribution in [0.2, 0.25) is 0 Å². The van der Waals surface area contributed by atoms with Gasteiger partial charge in [0.2, 0.25) is 5.76 Å². The van der Waals surface area contributed by atoms with E-state index in [1.165, 1.54) is 24.0 Å². The topological polar surface area (TPSA) is 47.6 Å². The van der Waals surface area contributed by atoms with Crippen LogP contribution in [0.3, 0.4) is 0 Å². The summed E-state index contributed by atoms with van der Waals surface area (Å²) in [5, 5.41) is 4.16. The van der Waals surface area contributed by atoms with E-state index in [-0.39, 0.29) is 6.04 Å². The fraction of sp³-hybridized carbons (Fsp3) is 0.375. The Morgan fingerprint density at radius 2 is 1.90 bits per heavy atom. The molecule has 1 unspecified atom stereocenters. The quantitative estimate of drug-likeness (QED) is 0.841. The molecule has 1 aromatic heterocycles. The minimum atomic E-state index is 0.0653. The molecule has 0 saturated heterocycles. The summed E-state index contributed by atoms with van der Waals surface area (Å²) in [6, 6.07) is 10.3. The van der Waals surface area contributed by atoms with E-state index in [2.05, 4.69) is 22.3 Å². The number of aryl methyl sites for hydroxylation is 1. The van der Waals surface area contributed by atoms with Crippen molar-refractivity contribution in [2.75, 3.05) is 6.61 Å². The van der Waals surface area contributed by atoms with Crippen molar-refractivity contribution in [1.29, 1.82) is 0 Å². The van der Waals surface area contributed by atoms with Gasteiger partial charge >= 0.3 is 0 Å². The molecule has 0 fully saturated rings. The number of fused-ring (bicyclic) bond motifs is 1. The molecule has 2 heterocycles. The molecule has 102 valence electrons. The number of nitrogens with zero attached hydrogens (tertiary/aromatic N) is 2. The van der Waals surface area contributed by atoms with E-state index in [1.807, 2.05) is 18.2 Å². The summed E-state index contributed by atoms with van der Waals surface area (Å²) in [6.07, 6.45) is 4.41. The number of hydrogen-bond acceptors (Lipinski definition) is 4. The average Bonchev–Trinajstić information content (AvgIpc) is 3.14. The molecule has 1 aromatic carbocycles. The molecule has 0 N–H and O–H groups in total. The maximum atomic E-state index is 5.75. The number of ether oxygens (including phenoxy) is 1. The lowest BCUT2D eigenvalue weighted by Crippen LogP contribution is -2.07. The smallest absolute Gasteiger partial charge is 0.257 e. The Kier molecular flexibility index (Phi) is 2.80. The largest absolute Gasteiger partial charge is 0.473 e. The zero-order valence-electron chi connectivity index (χ0n) is 11.2. The summed E-state index contributed by atoms with van der Waals surface area (Å²) in [5.74, 6) is 1.37. The van der Waals surface area contributed by atoms with Crippen molar-refractivity contribution >= 4 is 5.90 Å². The minimum Gasteiger partial charge on any atom is -0.473 e. The van der Waals surface area contributed by atoms with Gasteiger partial charge in [-0.2, -0.15) is 0 Å². The number of aliphatic imine (C=N–C) groups is 1. The summed E-state index contributed by atoms with van der Waals surface area (Å²) in [6.45, 7) is 0.578. The van der Waals surface area contributed by atoms with Gasteiger partial charge in [-0.15, -0.1) is 0 Å². The Morgan fingerprint density at radius 3 is 2.80 bits per heavy atom. The van der Waals surface area contributed by atoms with E-state index >= 15 is 0 Å². The van der Waals surface area contributed by atoms with Crippen molar-refractivity contribution < 1.29 is 9.26 Å². The van der Waals surface area contributed by atoms with Crippen molar-refractivity contribution in [2.24, 2.45) is 4.99 Å². The van der Waals surface area contributed by atoms with Crippen molar-refractivity contribution in [1.82, 2.24) is 5.16 Å². The van der Waals surface area contributed by atoms with Gasteiger partial charge in [-0.3, -0.25) is 0 Å². The molecule has 0 radical (unpaired) electrons. The second-order valence-corrected chi connectivity index (χ2v) is 5.32. The number of benzene rings is 1. The Labute approximate surface area is 117 Å². The van der Waals surface area contributed by atoms with Gasteiger partial charge in [0.15, 0.2) is 0 Å². The van der Waals surface area contributed by atoms with E-state index in [0.717, 1.165) is 24.3 Å². The molecule has 1 atom stereocenters. The third kappa shape index (κ3) is 1.92. The highest BCUT2D eigenvalue weighted by Crippen LogP contribution is 2.29. The summed E-state index contributed by atoms with van der Waals surface area (Å²) < 4.78 is 11.2. The van der Waals surface area contributed by atoms with Crippen LogP contribution in [-0.2, 0) is 17.6 Å².